The molecule has 4 heterocycles. The van der Waals surface area contributed by atoms with E-state index in [-0.39, 0.29) is 58.0 Å². The van der Waals surface area contributed by atoms with Crippen LogP contribution < -0.4 is 0 Å². The maximum absolute atomic E-state index is 12.4. The number of aliphatic hydroxyl groups excluding tert-OH is 7. The van der Waals surface area contributed by atoms with Crippen LogP contribution >= 0.6 is 0 Å². The van der Waals surface area contributed by atoms with Gasteiger partial charge in [-0.1, -0.05) is 34.6 Å². The van der Waals surface area contributed by atoms with Gasteiger partial charge >= 0.3 is 0 Å². The van der Waals surface area contributed by atoms with Crippen LogP contribution in [0.5, 0.6) is 0 Å². The molecule has 9 fully saturated rings. The Morgan fingerprint density at radius 3 is 2.13 bits per heavy atom. The molecule has 5 saturated carbocycles. The minimum Gasteiger partial charge on any atom is -0.393 e. The van der Waals surface area contributed by atoms with E-state index in [4.69, 9.17) is 28.4 Å². The van der Waals surface area contributed by atoms with Crippen LogP contribution in [0.15, 0.2) is 0 Å². The maximum Gasteiger partial charge on any atom is 0.222 e. The van der Waals surface area contributed by atoms with Gasteiger partial charge in [0.2, 0.25) is 5.79 Å². The summed E-state index contributed by atoms with van der Waals surface area (Å²) < 4.78 is 37.4. The van der Waals surface area contributed by atoms with Gasteiger partial charge < -0.3 is 69.3 Å². The van der Waals surface area contributed by atoms with Crippen molar-refractivity contribution in [3.8, 4) is 0 Å². The average Bonchev–Trinajstić information content (AvgIpc) is 3.63. The largest absolute Gasteiger partial charge is 0.393 e. The molecule has 4 saturated heterocycles. The predicted octanol–water partition coefficient (Wildman–Crippen LogP) is 0.944. The number of hydrogen-bond donors (Lipinski definition) is 8. The van der Waals surface area contributed by atoms with E-state index in [0.29, 0.717) is 12.8 Å². The highest BCUT2D eigenvalue weighted by molar-refractivity contribution is 5.33. The molecule has 1 unspecified atom stereocenters. The number of fused-ring (bicyclic) bond motifs is 5. The highest BCUT2D eigenvalue weighted by atomic mass is 16.8. The number of aliphatic hydroxyl groups is 8. The Morgan fingerprint density at radius 2 is 1.42 bits per heavy atom. The van der Waals surface area contributed by atoms with E-state index in [0.717, 1.165) is 32.1 Å². The third-order valence-electron chi connectivity index (χ3n) is 18.1. The first-order valence-electron chi connectivity index (χ1n) is 20.9. The summed E-state index contributed by atoms with van der Waals surface area (Å²) in [5.41, 5.74) is -1.81. The monoisotopic (exact) mass is 782 g/mol. The number of rotatable bonds is 4. The third-order valence-corrected chi connectivity index (χ3v) is 18.1. The van der Waals surface area contributed by atoms with Crippen molar-refractivity contribution in [3.63, 3.8) is 0 Å². The average molecular weight is 783 g/mol. The van der Waals surface area contributed by atoms with Crippen molar-refractivity contribution in [2.45, 2.75) is 198 Å². The van der Waals surface area contributed by atoms with Crippen molar-refractivity contribution in [1.29, 1.82) is 0 Å². The van der Waals surface area contributed by atoms with Crippen LogP contribution in [-0.2, 0) is 28.4 Å². The van der Waals surface area contributed by atoms with E-state index >= 15 is 0 Å². The minimum atomic E-state index is -1.77. The summed E-state index contributed by atoms with van der Waals surface area (Å²) in [6, 6.07) is 0. The summed E-state index contributed by atoms with van der Waals surface area (Å²) in [4.78, 5) is 0. The van der Waals surface area contributed by atoms with Crippen LogP contribution in [0.4, 0.5) is 0 Å². The quantitative estimate of drug-likeness (QED) is 0.187. The van der Waals surface area contributed by atoms with Gasteiger partial charge in [0, 0.05) is 0 Å². The topological polar surface area (TPSA) is 217 Å². The predicted molar refractivity (Wildman–Crippen MR) is 191 cm³/mol. The van der Waals surface area contributed by atoms with Crippen LogP contribution in [0.1, 0.15) is 100 Å². The molecule has 314 valence electrons. The lowest BCUT2D eigenvalue weighted by Crippen LogP contribution is -2.64. The Morgan fingerprint density at radius 1 is 0.709 bits per heavy atom. The van der Waals surface area contributed by atoms with Gasteiger partial charge in [-0.3, -0.25) is 0 Å². The maximum atomic E-state index is 12.4. The second-order valence-corrected chi connectivity index (χ2v) is 21.2. The Labute approximate surface area is 323 Å². The molecule has 9 rings (SSSR count). The molecule has 8 N–H and O–H groups in total. The molecule has 14 nitrogen and oxygen atoms in total. The molecule has 0 bridgehead atoms. The lowest BCUT2D eigenvalue weighted by molar-refractivity contribution is -0.364. The summed E-state index contributed by atoms with van der Waals surface area (Å²) in [7, 11) is 0. The molecule has 0 aromatic heterocycles. The van der Waals surface area contributed by atoms with E-state index in [2.05, 4.69) is 34.6 Å². The van der Waals surface area contributed by atoms with Gasteiger partial charge in [0.1, 0.15) is 48.8 Å². The van der Waals surface area contributed by atoms with Gasteiger partial charge in [0.05, 0.1) is 36.6 Å². The van der Waals surface area contributed by atoms with Crippen molar-refractivity contribution in [1.82, 2.24) is 0 Å². The van der Waals surface area contributed by atoms with E-state index in [1.54, 1.807) is 0 Å². The number of hydrogen-bond acceptors (Lipinski definition) is 14. The lowest BCUT2D eigenvalue weighted by atomic mass is 9.41. The fraction of sp³-hybridized carbons (Fsp3) is 1.00. The molecule has 0 radical (unpaired) electrons. The molecule has 2 spiro atoms. The highest BCUT2D eigenvalue weighted by Crippen LogP contribution is 2.89. The van der Waals surface area contributed by atoms with Crippen molar-refractivity contribution in [2.24, 2.45) is 50.7 Å². The van der Waals surface area contributed by atoms with Crippen molar-refractivity contribution in [2.75, 3.05) is 6.61 Å². The minimum absolute atomic E-state index is 0.0376. The third kappa shape index (κ3) is 4.98. The van der Waals surface area contributed by atoms with Crippen molar-refractivity contribution >= 4 is 0 Å². The van der Waals surface area contributed by atoms with Crippen LogP contribution in [0.3, 0.4) is 0 Å². The standard InChI is InChI=1S/C41H66O14/c1-17-24-21(54-41(49)31(17)55-36(5,6)34(41)48)14-38(8)22-13-19(42)30-35(3,4)23(9-10-40(30)16-39(22,40)12-11-37(24,38)7)52-33-29(26(45)20(43)15-50-33)53-32-28(47)27(46)25(44)18(2)51-32/h17-34,42-49H,9-16H2,1-8H3/t17-,18-,19-,20+,21-,22-,23-,24-,25-,26-,27+,28+,29+,30-,31+,32-,33-,34?,37+,38-,39-,40+,41-/m0/s1. The molecule has 0 amide bonds. The van der Waals surface area contributed by atoms with Crippen LogP contribution in [0.25, 0.3) is 0 Å². The molecular formula is C41H66O14. The van der Waals surface area contributed by atoms with E-state index in [1.165, 1.54) is 6.92 Å². The SMILES string of the molecule is C[C@H]1[C@H]2[C@H](C[C@@]3(C)[C@@H]4C[C@H](O)[C@H]5C(C)(C)[C@@H](O[C@@H]6OC[C@@H](O)[C@H](O)[C@H]6O[C@@H]6O[C@@H](C)[C@H](O)[C@@H](O)[C@H]6O)CC[C@@]56C[C@@]46CC[C@]23C)O[C@]2(O)C(O)C(C)(C)O[C@H]12. The fourth-order valence-corrected chi connectivity index (χ4v) is 15.4. The molecule has 14 heteroatoms. The second kappa shape index (κ2) is 12.3. The first-order chi connectivity index (χ1) is 25.5. The summed E-state index contributed by atoms with van der Waals surface area (Å²) >= 11 is 0. The van der Waals surface area contributed by atoms with Gasteiger partial charge in [-0.25, -0.2) is 0 Å². The second-order valence-electron chi connectivity index (χ2n) is 21.2. The van der Waals surface area contributed by atoms with Crippen molar-refractivity contribution in [3.05, 3.63) is 0 Å². The molecule has 4 aliphatic heterocycles. The molecule has 55 heavy (non-hydrogen) atoms. The van der Waals surface area contributed by atoms with E-state index in [1.807, 2.05) is 13.8 Å². The van der Waals surface area contributed by atoms with Crippen LogP contribution in [0, 0.1) is 50.7 Å². The molecule has 0 aromatic rings. The summed E-state index contributed by atoms with van der Waals surface area (Å²) in [6.07, 6.45) is -8.99. The summed E-state index contributed by atoms with van der Waals surface area (Å²) in [5.74, 6) is -1.52. The normalized spacial score (nSPS) is 62.8. The molecule has 9 aliphatic rings. The van der Waals surface area contributed by atoms with Crippen LogP contribution in [-0.4, -0.2) is 145 Å². The molecule has 0 aromatic carbocycles. The van der Waals surface area contributed by atoms with Gasteiger partial charge in [0.15, 0.2) is 12.6 Å². The highest BCUT2D eigenvalue weighted by Gasteiger charge is 2.85. The lowest BCUT2D eigenvalue weighted by Gasteiger charge is -2.64. The first kappa shape index (κ1) is 39.9. The Kier molecular flexibility index (Phi) is 8.90. The summed E-state index contributed by atoms with van der Waals surface area (Å²) in [5, 5.41) is 88.5. The van der Waals surface area contributed by atoms with Crippen LogP contribution in [0.2, 0.25) is 0 Å². The zero-order valence-electron chi connectivity index (χ0n) is 33.6. The van der Waals surface area contributed by atoms with Gasteiger partial charge in [-0.15, -0.1) is 0 Å². The Hall–Kier alpha value is -0.560. The van der Waals surface area contributed by atoms with Gasteiger partial charge in [0.25, 0.3) is 0 Å². The molecule has 23 atom stereocenters. The van der Waals surface area contributed by atoms with E-state index < -0.39 is 96.5 Å². The Balaban J connectivity index is 0.958. The Bertz CT molecular complexity index is 1530. The first-order valence-corrected chi connectivity index (χ1v) is 20.9. The number of ether oxygens (including phenoxy) is 6. The molecular weight excluding hydrogens is 716 g/mol. The van der Waals surface area contributed by atoms with Crippen molar-refractivity contribution < 1.29 is 69.3 Å². The summed E-state index contributed by atoms with van der Waals surface area (Å²) in [6.45, 7) is 16.2. The fourth-order valence-electron chi connectivity index (χ4n) is 15.4. The smallest absolute Gasteiger partial charge is 0.222 e. The zero-order valence-corrected chi connectivity index (χ0v) is 33.6. The molecule has 5 aliphatic carbocycles. The van der Waals surface area contributed by atoms with Gasteiger partial charge in [-0.05, 0) is 116 Å². The zero-order chi connectivity index (χ0) is 39.8. The van der Waals surface area contributed by atoms with E-state index in [9.17, 15) is 40.9 Å². The van der Waals surface area contributed by atoms with Gasteiger partial charge in [-0.2, -0.15) is 0 Å².